The topological polar surface area (TPSA) is 23.5 Å². The van der Waals surface area contributed by atoms with Gasteiger partial charge in [0, 0.05) is 6.54 Å². The molecule has 2 nitrogen and oxygen atoms in total. The quantitative estimate of drug-likeness (QED) is 0.378. The Balaban J connectivity index is 0.000000550. The minimum atomic E-state index is -0.516. The molecule has 0 bridgehead atoms. The van der Waals surface area contributed by atoms with E-state index < -0.39 is 6.10 Å². The number of halogens is 2. The molecule has 1 aliphatic rings. The summed E-state index contributed by atoms with van der Waals surface area (Å²) in [5, 5.41) is 9.99. The van der Waals surface area contributed by atoms with E-state index in [-0.39, 0.29) is 46.5 Å². The van der Waals surface area contributed by atoms with Gasteiger partial charge in [-0.25, -0.2) is 0 Å². The third-order valence-corrected chi connectivity index (χ3v) is 4.73. The summed E-state index contributed by atoms with van der Waals surface area (Å²) in [5.41, 5.74) is 5.87. The minimum absolute atomic E-state index is 0. The zero-order valence-corrected chi connectivity index (χ0v) is 21.5. The van der Waals surface area contributed by atoms with Gasteiger partial charge in [-0.2, -0.15) is 0 Å². The molecule has 0 amide bonds. The Labute approximate surface area is 219 Å². The van der Waals surface area contributed by atoms with Crippen molar-refractivity contribution in [1.29, 1.82) is 0 Å². The number of aliphatic hydroxyl groups is 1. The molecule has 4 rings (SSSR count). The van der Waals surface area contributed by atoms with Crippen LogP contribution in [0.3, 0.4) is 0 Å². The fraction of sp³-hybridized carbons (Fsp3) is 0.185. The van der Waals surface area contributed by atoms with Crippen molar-refractivity contribution in [2.45, 2.75) is 12.5 Å². The van der Waals surface area contributed by atoms with E-state index in [1.807, 2.05) is 72.8 Å². The minimum Gasteiger partial charge on any atom is -1.00 e. The predicted octanol–water partition coefficient (Wildman–Crippen LogP) is -0.464. The van der Waals surface area contributed by atoms with Gasteiger partial charge in [-0.3, -0.25) is 0 Å². The zero-order chi connectivity index (χ0) is 20.5. The van der Waals surface area contributed by atoms with Gasteiger partial charge in [-0.15, -0.1) is 41.5 Å². The molecule has 1 aliphatic carbocycles. The van der Waals surface area contributed by atoms with Crippen molar-refractivity contribution in [3.05, 3.63) is 125 Å². The van der Waals surface area contributed by atoms with Crippen LogP contribution in [0, 0.1) is 6.07 Å². The summed E-state index contributed by atoms with van der Waals surface area (Å²) in [6, 6.07) is 30.8. The van der Waals surface area contributed by atoms with Crippen LogP contribution in [0.25, 0.3) is 5.57 Å². The number of likely N-dealkylation sites (N-methyl/N-ethyl adjacent to an activating group) is 1. The van der Waals surface area contributed by atoms with Gasteiger partial charge in [-0.1, -0.05) is 72.8 Å². The first-order valence-corrected chi connectivity index (χ1v) is 9.93. The van der Waals surface area contributed by atoms with Crippen LogP contribution < -0.4 is 24.8 Å². The van der Waals surface area contributed by atoms with E-state index in [1.54, 1.807) is 0 Å². The molecule has 0 saturated carbocycles. The van der Waals surface area contributed by atoms with Crippen LogP contribution in [0.4, 0.5) is 0 Å². The summed E-state index contributed by atoms with van der Waals surface area (Å²) < 4.78 is 0. The Hall–Kier alpha value is -1.65. The number of nitrogens with zero attached hydrogens (tertiary/aromatic N) is 1. The van der Waals surface area contributed by atoms with E-state index >= 15 is 0 Å². The van der Waals surface area contributed by atoms with Crippen LogP contribution in [0.2, 0.25) is 0 Å². The maximum Gasteiger partial charge on any atom is 3.00 e. The van der Waals surface area contributed by atoms with Crippen molar-refractivity contribution in [3.63, 3.8) is 0 Å². The third kappa shape index (κ3) is 9.46. The zero-order valence-electron chi connectivity index (χ0n) is 18.4. The Morgan fingerprint density at radius 2 is 1.38 bits per heavy atom. The van der Waals surface area contributed by atoms with E-state index in [0.29, 0.717) is 0 Å². The molecule has 1 N–H and O–H groups in total. The van der Waals surface area contributed by atoms with Gasteiger partial charge in [0.1, 0.15) is 6.10 Å². The molecule has 0 heterocycles. The first-order chi connectivity index (χ1) is 14.1. The summed E-state index contributed by atoms with van der Waals surface area (Å²) >= 11 is 0. The van der Waals surface area contributed by atoms with Gasteiger partial charge >= 0.3 is 21.7 Å². The van der Waals surface area contributed by atoms with Crippen molar-refractivity contribution < 1.29 is 51.6 Å². The standard InChI is InChI=1S/C14H16N.C13H12O.2ClH.Ti/c1-15(2)11-12-8-9-14(10-12)13-6-4-3-5-7-13;14-13(11-7-3-1-4-8-11)12-9-5-2-6-10-12;;;/h3-6,8,10H,9,11H2,1-2H3;1-10,13-14H;2*1H;/q-1;;;;+3/p-2. The largest absolute Gasteiger partial charge is 3.00 e. The van der Waals surface area contributed by atoms with Crippen LogP contribution in [0.5, 0.6) is 0 Å². The summed E-state index contributed by atoms with van der Waals surface area (Å²) in [5.74, 6) is 0. The van der Waals surface area contributed by atoms with Crippen LogP contribution >= 0.6 is 0 Å². The summed E-state index contributed by atoms with van der Waals surface area (Å²) in [6.07, 6.45) is 5.11. The second kappa shape index (κ2) is 16.0. The molecule has 0 unspecified atom stereocenters. The molecular weight excluding hydrogens is 473 g/mol. The number of allylic oxidation sites excluding steroid dienone is 2. The predicted molar refractivity (Wildman–Crippen MR) is 121 cm³/mol. The first kappa shape index (κ1) is 30.4. The van der Waals surface area contributed by atoms with Crippen LogP contribution in [0.1, 0.15) is 29.2 Å². The molecule has 32 heavy (non-hydrogen) atoms. The smallest absolute Gasteiger partial charge is 1.00 e. The van der Waals surface area contributed by atoms with E-state index in [9.17, 15) is 5.11 Å². The second-order valence-corrected chi connectivity index (χ2v) is 7.39. The molecule has 165 valence electrons. The molecule has 0 fully saturated rings. The molecule has 0 atom stereocenters. The van der Waals surface area contributed by atoms with Gasteiger partial charge < -0.3 is 34.8 Å². The maximum absolute atomic E-state index is 9.99. The molecule has 0 saturated heterocycles. The SMILES string of the molecule is CN(C)CC1=CCC(c2[c-]cccc2)=C1.OC(c1ccccc1)c1ccccc1.[Cl-].[Cl-].[Ti+3]. The van der Waals surface area contributed by atoms with E-state index in [4.69, 9.17) is 0 Å². The average molecular weight is 501 g/mol. The van der Waals surface area contributed by atoms with Gasteiger partial charge in [0.05, 0.1) is 0 Å². The molecule has 0 aromatic heterocycles. The number of aliphatic hydroxyl groups excluding tert-OH is 1. The second-order valence-electron chi connectivity index (χ2n) is 7.39. The fourth-order valence-electron chi connectivity index (χ4n) is 3.30. The molecule has 3 aromatic carbocycles. The Bertz CT molecular complexity index is 906. The van der Waals surface area contributed by atoms with Crippen molar-refractivity contribution in [2.75, 3.05) is 20.6 Å². The Morgan fingerprint density at radius 3 is 1.84 bits per heavy atom. The molecule has 1 radical (unpaired) electrons. The average Bonchev–Trinajstić information content (AvgIpc) is 3.23. The van der Waals surface area contributed by atoms with E-state index in [2.05, 4.69) is 49.3 Å². The van der Waals surface area contributed by atoms with E-state index in [0.717, 1.165) is 24.1 Å². The fourth-order valence-corrected chi connectivity index (χ4v) is 3.30. The van der Waals surface area contributed by atoms with Crippen molar-refractivity contribution >= 4 is 5.57 Å². The van der Waals surface area contributed by atoms with Gasteiger partial charge in [-0.05, 0) is 37.2 Å². The molecule has 3 aromatic rings. The van der Waals surface area contributed by atoms with Gasteiger partial charge in [0.15, 0.2) is 0 Å². The molecule has 0 aliphatic heterocycles. The van der Waals surface area contributed by atoms with Gasteiger partial charge in [0.2, 0.25) is 0 Å². The summed E-state index contributed by atoms with van der Waals surface area (Å²) in [6.45, 7) is 1.02. The van der Waals surface area contributed by atoms with Crippen LogP contribution in [-0.4, -0.2) is 30.6 Å². The van der Waals surface area contributed by atoms with Crippen molar-refractivity contribution in [3.8, 4) is 0 Å². The monoisotopic (exact) mass is 500 g/mol. The van der Waals surface area contributed by atoms with Gasteiger partial charge in [0.25, 0.3) is 0 Å². The summed E-state index contributed by atoms with van der Waals surface area (Å²) in [4.78, 5) is 2.19. The van der Waals surface area contributed by atoms with Crippen LogP contribution in [-0.2, 0) is 21.7 Å². The normalized spacial score (nSPS) is 11.8. The first-order valence-electron chi connectivity index (χ1n) is 9.93. The molecule has 0 spiro atoms. The number of hydrogen-bond donors (Lipinski definition) is 1. The molecular formula is C27H28Cl2NOTi. The molecule has 5 heteroatoms. The van der Waals surface area contributed by atoms with Crippen molar-refractivity contribution in [1.82, 2.24) is 4.90 Å². The van der Waals surface area contributed by atoms with Crippen LogP contribution in [0.15, 0.2) is 103 Å². The number of rotatable bonds is 5. The van der Waals surface area contributed by atoms with E-state index in [1.165, 1.54) is 16.7 Å². The Morgan fingerprint density at radius 1 is 0.844 bits per heavy atom. The third-order valence-electron chi connectivity index (χ3n) is 4.73. The summed E-state index contributed by atoms with van der Waals surface area (Å²) in [7, 11) is 4.20. The number of hydrogen-bond acceptors (Lipinski definition) is 2. The van der Waals surface area contributed by atoms with Crippen molar-refractivity contribution in [2.24, 2.45) is 0 Å². The number of benzene rings is 3. The maximum atomic E-state index is 9.99. The Kier molecular flexibility index (Phi) is 15.2.